The third kappa shape index (κ3) is 3.30. The summed E-state index contributed by atoms with van der Waals surface area (Å²) in [5, 5.41) is 7.61. The number of nitrogens with zero attached hydrogens (tertiary/aromatic N) is 4. The molecule has 0 fully saturated rings. The molecule has 0 spiro atoms. The topological polar surface area (TPSA) is 102 Å². The molecule has 9 heteroatoms. The van der Waals surface area contributed by atoms with Gasteiger partial charge in [-0.1, -0.05) is 40.6 Å². The van der Waals surface area contributed by atoms with Gasteiger partial charge in [0.2, 0.25) is 15.8 Å². The van der Waals surface area contributed by atoms with Crippen LogP contribution in [0.25, 0.3) is 22.9 Å². The van der Waals surface area contributed by atoms with Gasteiger partial charge >= 0.3 is 0 Å². The molecule has 2 aromatic heterocycles. The van der Waals surface area contributed by atoms with E-state index in [2.05, 4.69) is 15.3 Å². The van der Waals surface area contributed by atoms with Crippen molar-refractivity contribution in [3.05, 3.63) is 42.2 Å². The van der Waals surface area contributed by atoms with Crippen molar-refractivity contribution in [2.75, 3.05) is 14.1 Å². The van der Waals surface area contributed by atoms with Gasteiger partial charge in [-0.2, -0.15) is 4.98 Å². The quantitative estimate of drug-likeness (QED) is 0.700. The van der Waals surface area contributed by atoms with Crippen LogP contribution in [0.2, 0.25) is 0 Å². The van der Waals surface area contributed by atoms with Crippen molar-refractivity contribution in [1.82, 2.24) is 19.6 Å². The maximum Gasteiger partial charge on any atom is 0.296 e. The molecule has 8 nitrogen and oxygen atoms in total. The van der Waals surface area contributed by atoms with Crippen LogP contribution in [0.3, 0.4) is 0 Å². The largest absolute Gasteiger partial charge is 0.350 e. The summed E-state index contributed by atoms with van der Waals surface area (Å²) >= 11 is 0. The molecule has 0 aliphatic rings. The minimum absolute atomic E-state index is 0.0614. The highest BCUT2D eigenvalue weighted by atomic mass is 32.2. The predicted octanol–water partition coefficient (Wildman–Crippen LogP) is 1.78. The zero-order chi connectivity index (χ0) is 16.4. The lowest BCUT2D eigenvalue weighted by Crippen LogP contribution is -2.24. The van der Waals surface area contributed by atoms with Gasteiger partial charge in [0.15, 0.2) is 5.82 Å². The fourth-order valence-corrected chi connectivity index (χ4v) is 2.53. The molecule has 120 valence electrons. The highest BCUT2D eigenvalue weighted by molar-refractivity contribution is 7.88. The van der Waals surface area contributed by atoms with Crippen LogP contribution in [0.15, 0.2) is 45.4 Å². The van der Waals surface area contributed by atoms with Crippen molar-refractivity contribution in [2.45, 2.75) is 5.75 Å². The predicted molar refractivity (Wildman–Crippen MR) is 81.5 cm³/mol. The number of hydrogen-bond donors (Lipinski definition) is 0. The van der Waals surface area contributed by atoms with E-state index in [4.69, 9.17) is 9.05 Å². The Morgan fingerprint density at radius 2 is 1.83 bits per heavy atom. The van der Waals surface area contributed by atoms with Crippen LogP contribution in [0, 0.1) is 0 Å². The van der Waals surface area contributed by atoms with Crippen molar-refractivity contribution in [2.24, 2.45) is 0 Å². The van der Waals surface area contributed by atoms with E-state index in [1.54, 1.807) is 6.07 Å². The second-order valence-corrected chi connectivity index (χ2v) is 7.18. The number of aromatic nitrogens is 3. The van der Waals surface area contributed by atoms with E-state index >= 15 is 0 Å². The third-order valence-electron chi connectivity index (χ3n) is 3.13. The zero-order valence-electron chi connectivity index (χ0n) is 12.5. The Bertz CT molecular complexity index is 900. The molecule has 23 heavy (non-hydrogen) atoms. The second kappa shape index (κ2) is 5.94. The molecule has 0 saturated heterocycles. The molecule has 0 aliphatic carbocycles. The Labute approximate surface area is 132 Å². The van der Waals surface area contributed by atoms with Crippen molar-refractivity contribution >= 4 is 10.0 Å². The Balaban J connectivity index is 1.83. The molecule has 0 atom stereocenters. The smallest absolute Gasteiger partial charge is 0.296 e. The molecule has 3 aromatic rings. The first-order chi connectivity index (χ1) is 11.0. The van der Waals surface area contributed by atoms with Crippen molar-refractivity contribution < 1.29 is 17.5 Å². The van der Waals surface area contributed by atoms with Gasteiger partial charge < -0.3 is 9.05 Å². The monoisotopic (exact) mass is 334 g/mol. The summed E-state index contributed by atoms with van der Waals surface area (Å²) in [7, 11) is -0.569. The summed E-state index contributed by atoms with van der Waals surface area (Å²) in [4.78, 5) is 4.04. The minimum atomic E-state index is -3.46. The normalized spacial score (nSPS) is 12.0. The standard InChI is InChI=1S/C14H14N4O4S/c1-18(2)23(19,20)9-13-15-14(22-17-13)12-8-11(16-21-12)10-6-4-3-5-7-10/h3-8H,9H2,1-2H3. The average Bonchev–Trinajstić information content (AvgIpc) is 3.16. The third-order valence-corrected chi connectivity index (χ3v) is 4.86. The Morgan fingerprint density at radius 1 is 1.09 bits per heavy atom. The first kappa shape index (κ1) is 15.4. The first-order valence-corrected chi connectivity index (χ1v) is 8.32. The Morgan fingerprint density at radius 3 is 2.52 bits per heavy atom. The molecule has 0 bridgehead atoms. The van der Waals surface area contributed by atoms with Crippen LogP contribution in [-0.2, 0) is 15.8 Å². The van der Waals surface area contributed by atoms with Crippen LogP contribution < -0.4 is 0 Å². The lowest BCUT2D eigenvalue weighted by atomic mass is 10.1. The SMILES string of the molecule is CN(C)S(=O)(=O)Cc1noc(-c2cc(-c3ccccc3)no2)n1. The summed E-state index contributed by atoms with van der Waals surface area (Å²) in [6, 6.07) is 11.1. The summed E-state index contributed by atoms with van der Waals surface area (Å²) < 4.78 is 34.9. The van der Waals surface area contributed by atoms with Crippen LogP contribution in [0.1, 0.15) is 5.82 Å². The van der Waals surface area contributed by atoms with Gasteiger partial charge in [-0.3, -0.25) is 0 Å². The number of hydrogen-bond acceptors (Lipinski definition) is 7. The van der Waals surface area contributed by atoms with Crippen LogP contribution in [0.5, 0.6) is 0 Å². The van der Waals surface area contributed by atoms with Crippen LogP contribution in [0.4, 0.5) is 0 Å². The van der Waals surface area contributed by atoms with E-state index in [0.29, 0.717) is 5.69 Å². The molecule has 0 saturated carbocycles. The molecule has 0 unspecified atom stereocenters. The molecular weight excluding hydrogens is 320 g/mol. The maximum absolute atomic E-state index is 11.8. The maximum atomic E-state index is 11.8. The van der Waals surface area contributed by atoms with E-state index in [9.17, 15) is 8.42 Å². The van der Waals surface area contributed by atoms with Gasteiger partial charge in [-0.25, -0.2) is 12.7 Å². The molecule has 0 N–H and O–H groups in total. The Kier molecular flexibility index (Phi) is 3.97. The van der Waals surface area contributed by atoms with Crippen LogP contribution in [-0.4, -0.2) is 42.1 Å². The van der Waals surface area contributed by atoms with Gasteiger partial charge in [0.1, 0.15) is 11.4 Å². The number of sulfonamides is 1. The summed E-state index contributed by atoms with van der Waals surface area (Å²) in [5.41, 5.74) is 1.51. The van der Waals surface area contributed by atoms with E-state index in [1.165, 1.54) is 14.1 Å². The lowest BCUT2D eigenvalue weighted by molar-refractivity contribution is 0.383. The summed E-state index contributed by atoms with van der Waals surface area (Å²) in [6.07, 6.45) is 0. The first-order valence-electron chi connectivity index (χ1n) is 6.71. The minimum Gasteiger partial charge on any atom is -0.350 e. The van der Waals surface area contributed by atoms with E-state index in [0.717, 1.165) is 9.87 Å². The fourth-order valence-electron chi connectivity index (χ4n) is 1.83. The molecule has 3 rings (SSSR count). The van der Waals surface area contributed by atoms with E-state index < -0.39 is 10.0 Å². The summed E-state index contributed by atoms with van der Waals surface area (Å²) in [5.74, 6) is 0.0864. The second-order valence-electron chi connectivity index (χ2n) is 5.00. The molecule has 1 aromatic carbocycles. The number of rotatable bonds is 5. The lowest BCUT2D eigenvalue weighted by Gasteiger charge is -2.07. The van der Waals surface area contributed by atoms with Gasteiger partial charge in [-0.05, 0) is 0 Å². The van der Waals surface area contributed by atoms with Crippen molar-refractivity contribution in [3.8, 4) is 22.9 Å². The molecule has 2 heterocycles. The van der Waals surface area contributed by atoms with Gasteiger partial charge in [-0.15, -0.1) is 0 Å². The molecule has 0 amide bonds. The van der Waals surface area contributed by atoms with Gasteiger partial charge in [0.05, 0.1) is 0 Å². The Hall–Kier alpha value is -2.52. The van der Waals surface area contributed by atoms with E-state index in [1.807, 2.05) is 30.3 Å². The van der Waals surface area contributed by atoms with Crippen molar-refractivity contribution in [3.63, 3.8) is 0 Å². The van der Waals surface area contributed by atoms with Gasteiger partial charge in [0, 0.05) is 25.7 Å². The molecule has 0 aliphatic heterocycles. The van der Waals surface area contributed by atoms with Gasteiger partial charge in [0.25, 0.3) is 5.89 Å². The molecular formula is C14H14N4O4S. The molecule has 0 radical (unpaired) electrons. The van der Waals surface area contributed by atoms with Crippen LogP contribution >= 0.6 is 0 Å². The summed E-state index contributed by atoms with van der Waals surface area (Å²) in [6.45, 7) is 0. The zero-order valence-corrected chi connectivity index (χ0v) is 13.3. The van der Waals surface area contributed by atoms with E-state index in [-0.39, 0.29) is 23.2 Å². The highest BCUT2D eigenvalue weighted by Crippen LogP contribution is 2.24. The fraction of sp³-hybridized carbons (Fsp3) is 0.214. The average molecular weight is 334 g/mol. The van der Waals surface area contributed by atoms with Crippen molar-refractivity contribution in [1.29, 1.82) is 0 Å². The highest BCUT2D eigenvalue weighted by Gasteiger charge is 2.21. The number of benzene rings is 1.